The van der Waals surface area contributed by atoms with Gasteiger partial charge in [-0.3, -0.25) is 14.3 Å². The molecule has 2 aromatic heterocycles. The van der Waals surface area contributed by atoms with Crippen LogP contribution in [0.5, 0.6) is 0 Å². The number of hydrogen-bond donors (Lipinski definition) is 0. The first kappa shape index (κ1) is 19.5. The van der Waals surface area contributed by atoms with Gasteiger partial charge >= 0.3 is 0 Å². The van der Waals surface area contributed by atoms with Crippen LogP contribution in [0, 0.1) is 6.92 Å². The van der Waals surface area contributed by atoms with Crippen molar-refractivity contribution in [2.75, 3.05) is 20.6 Å². The van der Waals surface area contributed by atoms with Crippen LogP contribution in [0.3, 0.4) is 0 Å². The number of amides is 2. The van der Waals surface area contributed by atoms with Crippen molar-refractivity contribution in [3.63, 3.8) is 0 Å². The van der Waals surface area contributed by atoms with Crippen LogP contribution in [-0.4, -0.2) is 57.0 Å². The first-order valence-corrected chi connectivity index (χ1v) is 10.00. The molecule has 1 atom stereocenters. The maximum absolute atomic E-state index is 13.1. The molecule has 0 aromatic carbocycles. The van der Waals surface area contributed by atoms with Gasteiger partial charge in [0.25, 0.3) is 0 Å². The number of thiazole rings is 1. The molecule has 7 nitrogen and oxygen atoms in total. The quantitative estimate of drug-likeness (QED) is 0.803. The third-order valence-electron chi connectivity index (χ3n) is 5.01. The summed E-state index contributed by atoms with van der Waals surface area (Å²) in [6.07, 6.45) is 2.64. The Morgan fingerprint density at radius 2 is 2.07 bits per heavy atom. The molecule has 0 fully saturated rings. The number of aryl methyl sites for hydroxylation is 2. The highest BCUT2D eigenvalue weighted by Crippen LogP contribution is 2.32. The van der Waals surface area contributed by atoms with E-state index in [9.17, 15) is 9.59 Å². The van der Waals surface area contributed by atoms with E-state index in [2.05, 4.69) is 23.9 Å². The van der Waals surface area contributed by atoms with Crippen LogP contribution in [0.1, 0.15) is 52.6 Å². The summed E-state index contributed by atoms with van der Waals surface area (Å²) in [4.78, 5) is 35.0. The second-order valence-electron chi connectivity index (χ2n) is 7.52. The minimum Gasteiger partial charge on any atom is -0.347 e. The molecule has 0 saturated heterocycles. The van der Waals surface area contributed by atoms with Crippen molar-refractivity contribution in [3.8, 4) is 0 Å². The number of fused-ring (bicyclic) bond motifs is 1. The Morgan fingerprint density at radius 3 is 2.67 bits per heavy atom. The van der Waals surface area contributed by atoms with Crippen LogP contribution in [0.4, 0.5) is 0 Å². The maximum atomic E-state index is 13.1. The second kappa shape index (κ2) is 7.42. The van der Waals surface area contributed by atoms with Crippen molar-refractivity contribution in [2.24, 2.45) is 7.05 Å². The van der Waals surface area contributed by atoms with Crippen molar-refractivity contribution < 1.29 is 9.59 Å². The van der Waals surface area contributed by atoms with Gasteiger partial charge in [-0.15, -0.1) is 11.3 Å². The molecule has 27 heavy (non-hydrogen) atoms. The summed E-state index contributed by atoms with van der Waals surface area (Å²) in [5, 5.41) is 5.11. The van der Waals surface area contributed by atoms with Gasteiger partial charge in [-0.1, -0.05) is 13.8 Å². The summed E-state index contributed by atoms with van der Waals surface area (Å²) < 4.78 is 1.80. The van der Waals surface area contributed by atoms with E-state index >= 15 is 0 Å². The van der Waals surface area contributed by atoms with Crippen LogP contribution in [0.25, 0.3) is 0 Å². The Morgan fingerprint density at radius 1 is 1.37 bits per heavy atom. The summed E-state index contributed by atoms with van der Waals surface area (Å²) in [7, 11) is 5.31. The van der Waals surface area contributed by atoms with Crippen molar-refractivity contribution in [1.29, 1.82) is 0 Å². The number of rotatable bonds is 4. The van der Waals surface area contributed by atoms with Crippen molar-refractivity contribution in [2.45, 2.75) is 45.6 Å². The lowest BCUT2D eigenvalue weighted by molar-refractivity contribution is -0.145. The number of likely N-dealkylation sites (N-methyl/N-ethyl adjacent to an activating group) is 1. The third-order valence-corrected chi connectivity index (χ3v) is 6.00. The van der Waals surface area contributed by atoms with Gasteiger partial charge in [0.05, 0.1) is 18.3 Å². The zero-order chi connectivity index (χ0) is 19.9. The molecule has 0 radical (unpaired) electrons. The smallest absolute Gasteiger partial charge is 0.249 e. The average Bonchev–Trinajstić information content (AvgIpc) is 3.16. The predicted octanol–water partition coefficient (Wildman–Crippen LogP) is 2.07. The molecular weight excluding hydrogens is 362 g/mol. The molecule has 2 aromatic rings. The Hall–Kier alpha value is -2.22. The lowest BCUT2D eigenvalue weighted by Gasteiger charge is -2.36. The molecule has 2 amide bonds. The number of hydrogen-bond acceptors (Lipinski definition) is 5. The zero-order valence-corrected chi connectivity index (χ0v) is 17.6. The fraction of sp³-hybridized carbons (Fsp3) is 0.579. The highest BCUT2D eigenvalue weighted by molar-refractivity contribution is 7.11. The fourth-order valence-electron chi connectivity index (χ4n) is 3.62. The van der Waals surface area contributed by atoms with Gasteiger partial charge in [-0.05, 0) is 12.8 Å². The monoisotopic (exact) mass is 389 g/mol. The summed E-state index contributed by atoms with van der Waals surface area (Å²) in [5.41, 5.74) is 2.90. The van der Waals surface area contributed by atoms with E-state index in [4.69, 9.17) is 0 Å². The average molecular weight is 390 g/mol. The largest absolute Gasteiger partial charge is 0.347 e. The first-order valence-electron chi connectivity index (χ1n) is 9.18. The summed E-state index contributed by atoms with van der Waals surface area (Å²) in [6.45, 7) is 6.77. The highest BCUT2D eigenvalue weighted by atomic mass is 32.1. The summed E-state index contributed by atoms with van der Waals surface area (Å²) in [5.74, 6) is 0.172. The number of carbonyl (C=O) groups excluding carboxylic acids is 2. The lowest BCUT2D eigenvalue weighted by Crippen LogP contribution is -2.47. The van der Waals surface area contributed by atoms with Gasteiger partial charge < -0.3 is 9.80 Å². The Balaban J connectivity index is 1.88. The summed E-state index contributed by atoms with van der Waals surface area (Å²) in [6, 6.07) is -0.615. The molecule has 1 aliphatic heterocycles. The molecule has 1 aliphatic rings. The van der Waals surface area contributed by atoms with Gasteiger partial charge in [-0.2, -0.15) is 5.10 Å². The third kappa shape index (κ3) is 3.63. The molecule has 1 unspecified atom stereocenters. The van der Waals surface area contributed by atoms with E-state index < -0.39 is 6.04 Å². The number of nitrogens with zero attached hydrogens (tertiary/aromatic N) is 5. The molecule has 3 rings (SSSR count). The van der Waals surface area contributed by atoms with Gasteiger partial charge in [0.2, 0.25) is 11.8 Å². The Bertz CT molecular complexity index is 868. The maximum Gasteiger partial charge on any atom is 0.249 e. The molecule has 3 heterocycles. The normalized spacial score (nSPS) is 16.6. The van der Waals surface area contributed by atoms with Gasteiger partial charge in [0, 0.05) is 50.2 Å². The van der Waals surface area contributed by atoms with Crippen LogP contribution in [0.15, 0.2) is 6.20 Å². The van der Waals surface area contributed by atoms with E-state index in [0.29, 0.717) is 18.9 Å². The minimum atomic E-state index is -0.615. The number of carbonyl (C=O) groups is 2. The molecule has 0 aliphatic carbocycles. The van der Waals surface area contributed by atoms with E-state index in [0.717, 1.165) is 26.8 Å². The van der Waals surface area contributed by atoms with E-state index in [1.54, 1.807) is 41.2 Å². The highest BCUT2D eigenvalue weighted by Gasteiger charge is 2.38. The zero-order valence-electron chi connectivity index (χ0n) is 16.8. The van der Waals surface area contributed by atoms with Crippen LogP contribution >= 0.6 is 11.3 Å². The van der Waals surface area contributed by atoms with Gasteiger partial charge in [0.15, 0.2) is 0 Å². The molecule has 8 heteroatoms. The molecule has 146 valence electrons. The van der Waals surface area contributed by atoms with Crippen LogP contribution in [-0.2, 0) is 29.5 Å². The lowest BCUT2D eigenvalue weighted by atomic mass is 9.97. The topological polar surface area (TPSA) is 71.3 Å². The van der Waals surface area contributed by atoms with E-state index in [1.807, 2.05) is 14.0 Å². The van der Waals surface area contributed by atoms with Crippen LogP contribution in [0.2, 0.25) is 0 Å². The first-order chi connectivity index (χ1) is 12.7. The SMILES string of the molecule is Cc1sc(CC(=O)N2CCc3c(cnn3C)C2C(=O)N(C)C)nc1C(C)C. The Labute approximate surface area is 164 Å². The van der Waals surface area contributed by atoms with Crippen LogP contribution < -0.4 is 0 Å². The molecule has 0 N–H and O–H groups in total. The predicted molar refractivity (Wildman–Crippen MR) is 105 cm³/mol. The molecule has 0 spiro atoms. The molecule has 0 bridgehead atoms. The fourth-order valence-corrected chi connectivity index (χ4v) is 4.70. The van der Waals surface area contributed by atoms with E-state index in [-0.39, 0.29) is 18.2 Å². The van der Waals surface area contributed by atoms with Crippen molar-refractivity contribution in [1.82, 2.24) is 24.6 Å². The Kier molecular flexibility index (Phi) is 5.37. The second-order valence-corrected chi connectivity index (χ2v) is 8.81. The van der Waals surface area contributed by atoms with Crippen molar-refractivity contribution in [3.05, 3.63) is 33.0 Å². The van der Waals surface area contributed by atoms with Crippen molar-refractivity contribution >= 4 is 23.2 Å². The number of aromatic nitrogens is 3. The molecular formula is C19H27N5O2S. The summed E-state index contributed by atoms with van der Waals surface area (Å²) >= 11 is 1.57. The van der Waals surface area contributed by atoms with Gasteiger partial charge in [-0.25, -0.2) is 4.98 Å². The standard InChI is InChI=1S/C19H27N5O2S/c1-11(2)17-12(3)27-15(21-17)9-16(25)24-8-7-14-13(10-20-23(14)6)18(24)19(26)22(4)5/h10-11,18H,7-9H2,1-6H3. The van der Waals surface area contributed by atoms with E-state index in [1.165, 1.54) is 4.90 Å². The van der Waals surface area contributed by atoms with Gasteiger partial charge in [0.1, 0.15) is 11.0 Å². The molecule has 0 saturated carbocycles. The minimum absolute atomic E-state index is 0.0613.